The maximum atomic E-state index is 12.6. The molecule has 0 amide bonds. The number of hydrogen-bond acceptors (Lipinski definition) is 7. The number of anilines is 2. The van der Waals surface area contributed by atoms with Crippen LogP contribution in [0, 0.1) is 0 Å². The van der Waals surface area contributed by atoms with Gasteiger partial charge in [-0.3, -0.25) is 9.52 Å². The van der Waals surface area contributed by atoms with Crippen LogP contribution in [-0.2, 0) is 14.8 Å². The van der Waals surface area contributed by atoms with E-state index in [-0.39, 0.29) is 21.9 Å². The first-order valence-electron chi connectivity index (χ1n) is 10.6. The first kappa shape index (κ1) is 30.4. The van der Waals surface area contributed by atoms with Crippen molar-refractivity contribution in [3.8, 4) is 0 Å². The summed E-state index contributed by atoms with van der Waals surface area (Å²) < 4.78 is 59.3. The Hall–Kier alpha value is -3.68. The third-order valence-electron chi connectivity index (χ3n) is 4.63. The first-order chi connectivity index (χ1) is 16.6. The van der Waals surface area contributed by atoms with Crippen molar-refractivity contribution in [2.24, 2.45) is 0 Å². The minimum atomic E-state index is -5.08. The van der Waals surface area contributed by atoms with Crippen LogP contribution in [-0.4, -0.2) is 60.6 Å². The minimum Gasteiger partial charge on any atom is -0.478 e. The fourth-order valence-corrected chi connectivity index (χ4v) is 3.80. The molecule has 198 valence electrons. The average molecular weight is 534 g/mol. The highest BCUT2D eigenvalue weighted by atomic mass is 32.2. The largest absolute Gasteiger partial charge is 0.490 e. The number of halogens is 3. The number of sulfonamides is 1. The summed E-state index contributed by atoms with van der Waals surface area (Å²) in [6.07, 6.45) is -1.93. The molecule has 0 fully saturated rings. The molecule has 14 heteroatoms. The quantitative estimate of drug-likeness (QED) is 0.384. The van der Waals surface area contributed by atoms with E-state index in [1.165, 1.54) is 43.5 Å². The van der Waals surface area contributed by atoms with Crippen LogP contribution in [0.4, 0.5) is 24.7 Å². The number of nitrogens with one attached hydrogen (secondary N) is 1. The van der Waals surface area contributed by atoms with E-state index >= 15 is 0 Å². The molecule has 0 aliphatic rings. The number of hydrogen-bond donors (Lipinski definition) is 3. The number of nitrogens with zero attached hydrogens (tertiary/aromatic N) is 2. The van der Waals surface area contributed by atoms with E-state index in [4.69, 9.17) is 9.90 Å². The maximum absolute atomic E-state index is 12.6. The topological polar surface area (TPSA) is 154 Å². The van der Waals surface area contributed by atoms with E-state index in [0.29, 0.717) is 24.5 Å². The number of unbranched alkanes of at least 4 members (excludes halogenated alkanes) is 1. The summed E-state index contributed by atoms with van der Waals surface area (Å²) in [5.41, 5.74) is 0.373. The van der Waals surface area contributed by atoms with E-state index in [2.05, 4.69) is 9.71 Å². The third kappa shape index (κ3) is 8.83. The van der Waals surface area contributed by atoms with Crippen LogP contribution in [0.1, 0.15) is 54.3 Å². The highest BCUT2D eigenvalue weighted by molar-refractivity contribution is 7.92. The lowest BCUT2D eigenvalue weighted by Crippen LogP contribution is -2.27. The van der Waals surface area contributed by atoms with Crippen molar-refractivity contribution in [1.29, 1.82) is 0 Å². The molecule has 36 heavy (non-hydrogen) atoms. The highest BCUT2D eigenvalue weighted by Crippen LogP contribution is 2.24. The second-order valence-electron chi connectivity index (χ2n) is 7.32. The van der Waals surface area contributed by atoms with Gasteiger partial charge in [-0.25, -0.2) is 23.0 Å². The summed E-state index contributed by atoms with van der Waals surface area (Å²) in [6.45, 7) is 6.59. The monoisotopic (exact) mass is 533 g/mol. The van der Waals surface area contributed by atoms with Gasteiger partial charge in [0.05, 0.1) is 16.8 Å². The van der Waals surface area contributed by atoms with Crippen LogP contribution in [0.3, 0.4) is 0 Å². The fraction of sp³-hybridized carbons (Fsp3) is 0.364. The number of aromatic nitrogens is 1. The number of benzene rings is 1. The predicted molar refractivity (Wildman–Crippen MR) is 125 cm³/mol. The second-order valence-corrected chi connectivity index (χ2v) is 9.00. The molecule has 0 atom stereocenters. The molecule has 0 saturated heterocycles. The number of aromatic carboxylic acids is 1. The van der Waals surface area contributed by atoms with Crippen LogP contribution in [0.2, 0.25) is 0 Å². The molecule has 2 aromatic rings. The molecule has 1 aromatic heterocycles. The standard InChI is InChI=1S/C20H25N3O5S.C2HF3O2/c1-4-6-11-23(5-2)19-18(20(25)26)12-16(13-21-19)22-29(27,28)17-9-7-15(8-10-17)14(3)24;3-2(4,5)1(6)7/h7-10,12-13,22H,4-6,11H2,1-3H3,(H,25,26);(H,6,7). The molecule has 2 rings (SSSR count). The smallest absolute Gasteiger partial charge is 0.478 e. The van der Waals surface area contributed by atoms with Crippen LogP contribution < -0.4 is 9.62 Å². The second kappa shape index (κ2) is 12.9. The predicted octanol–water partition coefficient (Wildman–Crippen LogP) is 4.04. The zero-order chi connectivity index (χ0) is 27.7. The Labute approximate surface area is 205 Å². The van der Waals surface area contributed by atoms with Gasteiger partial charge in [-0.05, 0) is 38.5 Å². The Morgan fingerprint density at radius 2 is 1.64 bits per heavy atom. The third-order valence-corrected chi connectivity index (χ3v) is 6.02. The average Bonchev–Trinajstić information content (AvgIpc) is 2.79. The number of Topliss-reactive ketones (excluding diaryl/α,β-unsaturated/α-hetero) is 1. The number of carboxylic acids is 2. The Bertz CT molecular complexity index is 1180. The van der Waals surface area contributed by atoms with E-state index in [1.807, 2.05) is 18.7 Å². The Morgan fingerprint density at radius 3 is 2.06 bits per heavy atom. The van der Waals surface area contributed by atoms with Crippen molar-refractivity contribution >= 4 is 39.3 Å². The van der Waals surface area contributed by atoms with Crippen molar-refractivity contribution in [1.82, 2.24) is 4.98 Å². The van der Waals surface area contributed by atoms with E-state index in [9.17, 15) is 36.3 Å². The van der Waals surface area contributed by atoms with Crippen LogP contribution in [0.25, 0.3) is 0 Å². The van der Waals surface area contributed by atoms with Gasteiger partial charge in [0, 0.05) is 18.7 Å². The number of carbonyl (C=O) groups excluding carboxylic acids is 1. The van der Waals surface area contributed by atoms with Gasteiger partial charge in [-0.2, -0.15) is 13.2 Å². The van der Waals surface area contributed by atoms with Crippen LogP contribution in [0.5, 0.6) is 0 Å². The Morgan fingerprint density at radius 1 is 1.08 bits per heavy atom. The summed E-state index contributed by atoms with van der Waals surface area (Å²) >= 11 is 0. The lowest BCUT2D eigenvalue weighted by Gasteiger charge is -2.23. The Balaban J connectivity index is 0.000000809. The van der Waals surface area contributed by atoms with Crippen molar-refractivity contribution < 1.29 is 46.2 Å². The van der Waals surface area contributed by atoms with Gasteiger partial charge in [0.15, 0.2) is 5.78 Å². The van der Waals surface area contributed by atoms with Crippen molar-refractivity contribution in [2.75, 3.05) is 22.7 Å². The van der Waals surface area contributed by atoms with E-state index in [0.717, 1.165) is 12.8 Å². The van der Waals surface area contributed by atoms with Gasteiger partial charge in [-0.1, -0.05) is 25.5 Å². The number of alkyl halides is 3. The van der Waals surface area contributed by atoms with Crippen molar-refractivity contribution in [2.45, 2.75) is 44.7 Å². The lowest BCUT2D eigenvalue weighted by atomic mass is 10.2. The van der Waals surface area contributed by atoms with Crippen molar-refractivity contribution in [3.63, 3.8) is 0 Å². The summed E-state index contributed by atoms with van der Waals surface area (Å²) in [7, 11) is -3.96. The number of rotatable bonds is 10. The fourth-order valence-electron chi connectivity index (χ4n) is 2.77. The maximum Gasteiger partial charge on any atom is 0.490 e. The summed E-state index contributed by atoms with van der Waals surface area (Å²) in [5.74, 6) is -3.81. The zero-order valence-electron chi connectivity index (χ0n) is 19.7. The van der Waals surface area contributed by atoms with Crippen LogP contribution >= 0.6 is 0 Å². The van der Waals surface area contributed by atoms with E-state index in [1.54, 1.807) is 0 Å². The lowest BCUT2D eigenvalue weighted by molar-refractivity contribution is -0.192. The summed E-state index contributed by atoms with van der Waals surface area (Å²) in [6, 6.07) is 6.76. The number of ketones is 1. The molecule has 0 saturated carbocycles. The normalized spacial score (nSPS) is 11.2. The van der Waals surface area contributed by atoms with Gasteiger partial charge in [0.25, 0.3) is 10.0 Å². The number of pyridine rings is 1. The molecule has 1 aromatic carbocycles. The molecule has 10 nitrogen and oxygen atoms in total. The molecule has 0 unspecified atom stereocenters. The first-order valence-corrected chi connectivity index (χ1v) is 12.0. The Kier molecular flexibility index (Phi) is 10.8. The molecule has 0 aliphatic heterocycles. The SMILES string of the molecule is CCCCN(CC)c1ncc(NS(=O)(=O)c2ccc(C(C)=O)cc2)cc1C(=O)O.O=C(O)C(F)(F)F. The molecule has 0 bridgehead atoms. The van der Waals surface area contributed by atoms with Gasteiger partial charge >= 0.3 is 18.1 Å². The molecule has 0 aliphatic carbocycles. The molecule has 1 heterocycles. The minimum absolute atomic E-state index is 0.0402. The highest BCUT2D eigenvalue weighted by Gasteiger charge is 2.38. The summed E-state index contributed by atoms with van der Waals surface area (Å²) in [4.78, 5) is 38.0. The molecule has 3 N–H and O–H groups in total. The molecule has 0 spiro atoms. The van der Waals surface area contributed by atoms with Gasteiger partial charge < -0.3 is 15.1 Å². The molecule has 0 radical (unpaired) electrons. The zero-order valence-corrected chi connectivity index (χ0v) is 20.5. The van der Waals surface area contributed by atoms with Gasteiger partial charge in [0.2, 0.25) is 0 Å². The van der Waals surface area contributed by atoms with Gasteiger partial charge in [0.1, 0.15) is 11.4 Å². The van der Waals surface area contributed by atoms with E-state index < -0.39 is 28.1 Å². The number of carbonyl (C=O) groups is 3. The molecular weight excluding hydrogens is 507 g/mol. The van der Waals surface area contributed by atoms with Gasteiger partial charge in [-0.15, -0.1) is 0 Å². The number of carboxylic acid groups (broad SMARTS) is 2. The molecular formula is C22H26F3N3O7S. The van der Waals surface area contributed by atoms with Crippen molar-refractivity contribution in [3.05, 3.63) is 47.7 Å². The van der Waals surface area contributed by atoms with Crippen LogP contribution in [0.15, 0.2) is 41.4 Å². The number of aliphatic carboxylic acids is 1. The summed E-state index contributed by atoms with van der Waals surface area (Å²) in [5, 5.41) is 16.7.